The van der Waals surface area contributed by atoms with Crippen LogP contribution in [0.5, 0.6) is 0 Å². The number of hydrogen-bond acceptors (Lipinski definition) is 3. The molecular formula is C20H35IN4O. The van der Waals surface area contributed by atoms with Crippen molar-refractivity contribution in [1.82, 2.24) is 15.5 Å². The summed E-state index contributed by atoms with van der Waals surface area (Å²) in [4.78, 5) is 6.59. The van der Waals surface area contributed by atoms with E-state index >= 15 is 0 Å². The minimum absolute atomic E-state index is 0. The topological polar surface area (TPSA) is 48.9 Å². The smallest absolute Gasteiger partial charge is 0.191 e. The molecular weight excluding hydrogens is 439 g/mol. The summed E-state index contributed by atoms with van der Waals surface area (Å²) in [7, 11) is 6.04. The van der Waals surface area contributed by atoms with Gasteiger partial charge in [-0.25, -0.2) is 0 Å². The zero-order chi connectivity index (χ0) is 18.3. The van der Waals surface area contributed by atoms with E-state index in [-0.39, 0.29) is 29.6 Å². The molecule has 1 aromatic carbocycles. The number of nitrogens with one attached hydrogen (secondary N) is 2. The maximum atomic E-state index is 5.84. The molecule has 0 radical (unpaired) electrons. The molecule has 0 spiro atoms. The molecule has 1 fully saturated rings. The Labute approximate surface area is 176 Å². The molecule has 1 saturated heterocycles. The molecule has 0 saturated carbocycles. The van der Waals surface area contributed by atoms with E-state index in [1.54, 1.807) is 0 Å². The lowest BCUT2D eigenvalue weighted by Crippen LogP contribution is -2.47. The summed E-state index contributed by atoms with van der Waals surface area (Å²) in [6.07, 6.45) is 3.31. The van der Waals surface area contributed by atoms with Gasteiger partial charge in [0.25, 0.3) is 0 Å². The van der Waals surface area contributed by atoms with Crippen molar-refractivity contribution in [2.24, 2.45) is 4.99 Å². The van der Waals surface area contributed by atoms with Crippen LogP contribution in [0.1, 0.15) is 43.9 Å². The minimum Gasteiger partial charge on any atom is -0.373 e. The second-order valence-corrected chi connectivity index (χ2v) is 7.28. The first-order chi connectivity index (χ1) is 12.0. The summed E-state index contributed by atoms with van der Waals surface area (Å²) >= 11 is 0. The number of ether oxygens (including phenoxy) is 1. The van der Waals surface area contributed by atoms with E-state index in [9.17, 15) is 0 Å². The fourth-order valence-electron chi connectivity index (χ4n) is 3.23. The molecule has 0 aliphatic carbocycles. The zero-order valence-corrected chi connectivity index (χ0v) is 19.2. The minimum atomic E-state index is -0.0748. The van der Waals surface area contributed by atoms with Crippen molar-refractivity contribution < 1.29 is 4.74 Å². The van der Waals surface area contributed by atoms with Gasteiger partial charge in [-0.3, -0.25) is 4.99 Å². The number of guanidine groups is 1. The van der Waals surface area contributed by atoms with Gasteiger partial charge in [0.2, 0.25) is 0 Å². The SMILES string of the molecule is CCc1ccc(C(CNC(=NC)NCC2(C)CCCO2)N(C)C)cc1.I. The number of likely N-dealkylation sites (N-methyl/N-ethyl adjacent to an activating group) is 1. The predicted molar refractivity (Wildman–Crippen MR) is 121 cm³/mol. The Balaban J connectivity index is 0.00000338. The first-order valence-electron chi connectivity index (χ1n) is 9.31. The van der Waals surface area contributed by atoms with Gasteiger partial charge in [-0.2, -0.15) is 0 Å². The number of rotatable bonds is 7. The van der Waals surface area contributed by atoms with Gasteiger partial charge < -0.3 is 20.3 Å². The molecule has 1 heterocycles. The van der Waals surface area contributed by atoms with E-state index in [0.29, 0.717) is 6.04 Å². The normalized spacial score (nSPS) is 21.4. The van der Waals surface area contributed by atoms with E-state index in [4.69, 9.17) is 4.74 Å². The second kappa shape index (κ2) is 11.1. The van der Waals surface area contributed by atoms with Gasteiger partial charge in [0, 0.05) is 26.7 Å². The molecule has 2 unspecified atom stereocenters. The van der Waals surface area contributed by atoms with Crippen LogP contribution in [0.2, 0.25) is 0 Å². The summed E-state index contributed by atoms with van der Waals surface area (Å²) in [6.45, 7) is 6.79. The lowest BCUT2D eigenvalue weighted by Gasteiger charge is -2.28. The van der Waals surface area contributed by atoms with Crippen LogP contribution in [-0.2, 0) is 11.2 Å². The van der Waals surface area contributed by atoms with Crippen LogP contribution in [0.25, 0.3) is 0 Å². The molecule has 2 rings (SSSR count). The number of hydrogen-bond donors (Lipinski definition) is 2. The molecule has 2 N–H and O–H groups in total. The molecule has 1 aliphatic heterocycles. The van der Waals surface area contributed by atoms with Crippen LogP contribution < -0.4 is 10.6 Å². The average molecular weight is 474 g/mol. The number of nitrogens with zero attached hydrogens (tertiary/aromatic N) is 2. The number of aryl methyl sites for hydroxylation is 1. The Morgan fingerprint density at radius 1 is 1.27 bits per heavy atom. The van der Waals surface area contributed by atoms with E-state index in [1.165, 1.54) is 11.1 Å². The molecule has 6 heteroatoms. The monoisotopic (exact) mass is 474 g/mol. The fraction of sp³-hybridized carbons (Fsp3) is 0.650. The van der Waals surface area contributed by atoms with Crippen molar-refractivity contribution in [2.75, 3.05) is 40.8 Å². The summed E-state index contributed by atoms with van der Waals surface area (Å²) in [5.41, 5.74) is 2.61. The van der Waals surface area contributed by atoms with Crippen LogP contribution in [0, 0.1) is 0 Å². The highest BCUT2D eigenvalue weighted by molar-refractivity contribution is 14.0. The van der Waals surface area contributed by atoms with E-state index < -0.39 is 0 Å². The Bertz CT molecular complexity index is 553. The third-order valence-electron chi connectivity index (χ3n) is 5.01. The molecule has 0 bridgehead atoms. The quantitative estimate of drug-likeness (QED) is 0.362. The maximum Gasteiger partial charge on any atom is 0.191 e. The van der Waals surface area contributed by atoms with Gasteiger partial charge in [-0.15, -0.1) is 24.0 Å². The molecule has 0 amide bonds. The highest BCUT2D eigenvalue weighted by atomic mass is 127. The first-order valence-corrected chi connectivity index (χ1v) is 9.31. The third kappa shape index (κ3) is 6.70. The second-order valence-electron chi connectivity index (χ2n) is 7.28. The Morgan fingerprint density at radius 3 is 2.46 bits per heavy atom. The van der Waals surface area contributed by atoms with Crippen LogP contribution >= 0.6 is 24.0 Å². The van der Waals surface area contributed by atoms with Crippen molar-refractivity contribution in [1.29, 1.82) is 0 Å². The molecule has 0 aromatic heterocycles. The van der Waals surface area contributed by atoms with E-state index in [2.05, 4.69) is 72.7 Å². The van der Waals surface area contributed by atoms with Crippen LogP contribution in [-0.4, -0.2) is 57.3 Å². The van der Waals surface area contributed by atoms with Crippen molar-refractivity contribution in [3.05, 3.63) is 35.4 Å². The standard InChI is InChI=1S/C20H34N4O.HI/c1-6-16-8-10-17(11-9-16)18(24(4)5)14-22-19(21-3)23-15-20(2)12-7-13-25-20;/h8-11,18H,6-7,12-15H2,1-5H3,(H2,21,22,23);1H. The summed E-state index contributed by atoms with van der Waals surface area (Å²) in [5, 5.41) is 6.87. The largest absolute Gasteiger partial charge is 0.373 e. The molecule has 148 valence electrons. The first kappa shape index (κ1) is 23.2. The van der Waals surface area contributed by atoms with Crippen molar-refractivity contribution in [3.63, 3.8) is 0 Å². The zero-order valence-electron chi connectivity index (χ0n) is 16.8. The van der Waals surface area contributed by atoms with Crippen molar-refractivity contribution in [3.8, 4) is 0 Å². The fourth-order valence-corrected chi connectivity index (χ4v) is 3.23. The molecule has 5 nitrogen and oxygen atoms in total. The molecule has 1 aromatic rings. The number of halogens is 1. The van der Waals surface area contributed by atoms with Crippen LogP contribution in [0.3, 0.4) is 0 Å². The third-order valence-corrected chi connectivity index (χ3v) is 5.01. The maximum absolute atomic E-state index is 5.84. The molecule has 1 aliphatic rings. The average Bonchev–Trinajstić information content (AvgIpc) is 3.05. The molecule has 2 atom stereocenters. The lowest BCUT2D eigenvalue weighted by molar-refractivity contribution is 0.0242. The van der Waals surface area contributed by atoms with Gasteiger partial charge in [0.05, 0.1) is 11.6 Å². The predicted octanol–water partition coefficient (Wildman–Crippen LogP) is 3.20. The summed E-state index contributed by atoms with van der Waals surface area (Å²) in [5.74, 6) is 0.828. The van der Waals surface area contributed by atoms with Gasteiger partial charge in [0.1, 0.15) is 0 Å². The Kier molecular flexibility index (Phi) is 9.89. The van der Waals surface area contributed by atoms with E-state index in [0.717, 1.165) is 44.9 Å². The van der Waals surface area contributed by atoms with Gasteiger partial charge >= 0.3 is 0 Å². The van der Waals surface area contributed by atoms with Gasteiger partial charge in [-0.1, -0.05) is 31.2 Å². The highest BCUT2D eigenvalue weighted by Crippen LogP contribution is 2.24. The summed E-state index contributed by atoms with van der Waals surface area (Å²) < 4.78 is 5.84. The van der Waals surface area contributed by atoms with Gasteiger partial charge in [-0.05, 0) is 51.4 Å². The lowest BCUT2D eigenvalue weighted by atomic mass is 10.0. The molecule has 26 heavy (non-hydrogen) atoms. The van der Waals surface area contributed by atoms with Gasteiger partial charge in [0.15, 0.2) is 5.96 Å². The van der Waals surface area contributed by atoms with Crippen molar-refractivity contribution >= 4 is 29.9 Å². The highest BCUT2D eigenvalue weighted by Gasteiger charge is 2.29. The van der Waals surface area contributed by atoms with Crippen molar-refractivity contribution in [2.45, 2.75) is 44.8 Å². The Hall–Kier alpha value is -0.860. The van der Waals surface area contributed by atoms with Crippen LogP contribution in [0.15, 0.2) is 29.3 Å². The number of aliphatic imine (C=N–C) groups is 1. The van der Waals surface area contributed by atoms with E-state index in [1.807, 2.05) is 7.05 Å². The van der Waals surface area contributed by atoms with Crippen LogP contribution in [0.4, 0.5) is 0 Å². The number of benzene rings is 1. The summed E-state index contributed by atoms with van der Waals surface area (Å²) in [6, 6.07) is 9.19. The Morgan fingerprint density at radius 2 is 1.96 bits per heavy atom.